The van der Waals surface area contributed by atoms with E-state index in [4.69, 9.17) is 0 Å². The summed E-state index contributed by atoms with van der Waals surface area (Å²) in [4.78, 5) is -0.798. The average molecular weight is 249 g/mol. The molecule has 1 rings (SSSR count). The zero-order chi connectivity index (χ0) is 11.0. The first kappa shape index (κ1) is 14.8. The van der Waals surface area contributed by atoms with Crippen molar-refractivity contribution in [2.24, 2.45) is 5.14 Å². The predicted octanol–water partition coefficient (Wildman–Crippen LogP) is 0.443. The van der Waals surface area contributed by atoms with Gasteiger partial charge in [-0.3, -0.25) is 0 Å². The van der Waals surface area contributed by atoms with Crippen LogP contribution in [0.15, 0.2) is 29.2 Å². The van der Waals surface area contributed by atoms with Gasteiger partial charge in [0.25, 0.3) is 0 Å². The monoisotopic (exact) mass is 249 g/mol. The van der Waals surface area contributed by atoms with E-state index in [1.807, 2.05) is 0 Å². The van der Waals surface area contributed by atoms with E-state index in [1.165, 1.54) is 6.07 Å². The molecule has 15 heavy (non-hydrogen) atoms. The molecule has 0 amide bonds. The third-order valence-electron chi connectivity index (χ3n) is 1.45. The van der Waals surface area contributed by atoms with Crippen LogP contribution in [0.4, 0.5) is 8.39 Å². The third-order valence-corrected chi connectivity index (χ3v) is 3.52. The van der Waals surface area contributed by atoms with E-state index in [2.05, 4.69) is 5.14 Å². The van der Waals surface area contributed by atoms with Gasteiger partial charge >= 0.3 is 26.6 Å². The number of benzene rings is 1. The predicted molar refractivity (Wildman–Crippen MR) is 54.4 cm³/mol. The fourth-order valence-corrected chi connectivity index (χ4v) is 2.83. The SMILES string of the molecule is NS(=O)(=O)c1ccccc1P(=O)(F)F.[LiH]. The van der Waals surface area contributed by atoms with Crippen molar-refractivity contribution in [1.29, 1.82) is 0 Å². The number of rotatable bonds is 2. The first-order valence-corrected chi connectivity index (χ1v) is 6.38. The fourth-order valence-electron chi connectivity index (χ4n) is 0.913. The molecule has 1 aromatic rings. The Morgan fingerprint density at radius 3 is 2.00 bits per heavy atom. The summed E-state index contributed by atoms with van der Waals surface area (Å²) >= 11 is 0. The van der Waals surface area contributed by atoms with E-state index < -0.39 is 28.0 Å². The number of halogens is 2. The molecule has 4 nitrogen and oxygen atoms in total. The number of primary sulfonamides is 1. The summed E-state index contributed by atoms with van der Waals surface area (Å²) in [6.07, 6.45) is 0. The summed E-state index contributed by atoms with van der Waals surface area (Å²) in [7, 11) is -9.88. The van der Waals surface area contributed by atoms with Crippen molar-refractivity contribution in [2.45, 2.75) is 4.90 Å². The molecule has 0 saturated carbocycles. The van der Waals surface area contributed by atoms with Crippen LogP contribution in [0.3, 0.4) is 0 Å². The van der Waals surface area contributed by atoms with Gasteiger partial charge in [-0.15, -0.1) is 8.39 Å². The Bertz CT molecular complexity index is 501. The molecule has 0 bridgehead atoms. The van der Waals surface area contributed by atoms with Gasteiger partial charge < -0.3 is 0 Å². The van der Waals surface area contributed by atoms with Crippen molar-refractivity contribution in [3.05, 3.63) is 24.3 Å². The van der Waals surface area contributed by atoms with Crippen LogP contribution in [0.2, 0.25) is 0 Å². The molecule has 0 unspecified atom stereocenters. The minimum atomic E-state index is -5.61. The summed E-state index contributed by atoms with van der Waals surface area (Å²) in [5, 5.41) is 3.65. The molecule has 0 heterocycles. The molecule has 0 aliphatic rings. The minimum absolute atomic E-state index is 0. The number of sulfonamides is 1. The van der Waals surface area contributed by atoms with E-state index in [1.54, 1.807) is 0 Å². The molecule has 0 aromatic heterocycles. The molecule has 0 radical (unpaired) electrons. The second-order valence-electron chi connectivity index (χ2n) is 2.47. The number of nitrogens with two attached hydrogens (primary N) is 1. The van der Waals surface area contributed by atoms with Crippen LogP contribution < -0.4 is 10.4 Å². The maximum absolute atomic E-state index is 12.5. The van der Waals surface area contributed by atoms with Gasteiger partial charge in [-0.25, -0.2) is 18.1 Å². The van der Waals surface area contributed by atoms with Crippen LogP contribution in [-0.2, 0) is 14.6 Å². The number of hydrogen-bond donors (Lipinski definition) is 1. The van der Waals surface area contributed by atoms with Gasteiger partial charge in [-0.05, 0) is 12.1 Å². The van der Waals surface area contributed by atoms with Crippen LogP contribution in [0.1, 0.15) is 0 Å². The van der Waals surface area contributed by atoms with Crippen molar-refractivity contribution in [2.75, 3.05) is 0 Å². The molecule has 0 atom stereocenters. The molecule has 1 aromatic carbocycles. The van der Waals surface area contributed by atoms with Crippen molar-refractivity contribution < 1.29 is 21.4 Å². The number of hydrogen-bond acceptors (Lipinski definition) is 3. The van der Waals surface area contributed by atoms with E-state index >= 15 is 0 Å². The van der Waals surface area contributed by atoms with Gasteiger partial charge in [0, 0.05) is 0 Å². The van der Waals surface area contributed by atoms with Crippen LogP contribution in [0.25, 0.3) is 0 Å². The molecule has 2 N–H and O–H groups in total. The first-order valence-electron chi connectivity index (χ1n) is 3.34. The standard InChI is InChI=1S/C6H6F2NO3PS.Li.H/c7-13(8,10)5-3-1-2-4-6(5)14(9,11)12;;/h1-4H,(H2,9,11,12);;. The quantitative estimate of drug-likeness (QED) is 0.610. The maximum atomic E-state index is 12.5. The first-order chi connectivity index (χ1) is 6.23. The Labute approximate surface area is 97.7 Å². The normalized spacial score (nSPS) is 11.9. The van der Waals surface area contributed by atoms with Crippen molar-refractivity contribution in [1.82, 2.24) is 0 Å². The summed E-state index contributed by atoms with van der Waals surface area (Å²) in [5.41, 5.74) is 0. The Balaban J connectivity index is 0.00000196. The molecule has 0 fully saturated rings. The van der Waals surface area contributed by atoms with E-state index in [9.17, 15) is 21.4 Å². The summed E-state index contributed by atoms with van der Waals surface area (Å²) in [6, 6.07) is 4.05. The van der Waals surface area contributed by atoms with Gasteiger partial charge in [-0.2, -0.15) is 0 Å². The molecule has 0 spiro atoms. The van der Waals surface area contributed by atoms with Crippen LogP contribution in [0.5, 0.6) is 0 Å². The average Bonchev–Trinajstić information content (AvgIpc) is 2.01. The second-order valence-corrected chi connectivity index (χ2v) is 5.41. The van der Waals surface area contributed by atoms with Gasteiger partial charge in [-0.1, -0.05) is 12.1 Å². The topological polar surface area (TPSA) is 77.2 Å². The molecule has 9 heteroatoms. The van der Waals surface area contributed by atoms with Gasteiger partial charge in [0.2, 0.25) is 10.0 Å². The van der Waals surface area contributed by atoms with Crippen molar-refractivity contribution >= 4 is 42.0 Å². The van der Waals surface area contributed by atoms with Crippen molar-refractivity contribution in [3.8, 4) is 0 Å². The van der Waals surface area contributed by atoms with Gasteiger partial charge in [0.1, 0.15) is 0 Å². The van der Waals surface area contributed by atoms with E-state index in [0.29, 0.717) is 0 Å². The molecule has 0 aliphatic heterocycles. The molecule has 0 saturated heterocycles. The molecule has 80 valence electrons. The molecular formula is C6H7F2LiNO3PS. The zero-order valence-electron chi connectivity index (χ0n) is 6.72. The summed E-state index contributed by atoms with van der Waals surface area (Å²) < 4.78 is 57.0. The van der Waals surface area contributed by atoms with E-state index in [0.717, 1.165) is 18.2 Å². The summed E-state index contributed by atoms with van der Waals surface area (Å²) in [5.74, 6) is 0. The molecular weight excluding hydrogens is 242 g/mol. The van der Waals surface area contributed by atoms with Crippen LogP contribution >= 0.6 is 7.76 Å². The Kier molecular flexibility index (Phi) is 4.71. The van der Waals surface area contributed by atoms with Crippen LogP contribution in [0, 0.1) is 0 Å². The van der Waals surface area contributed by atoms with Gasteiger partial charge in [0.15, 0.2) is 0 Å². The Morgan fingerprint density at radius 1 is 1.20 bits per heavy atom. The second kappa shape index (κ2) is 4.77. The fraction of sp³-hybridized carbons (Fsp3) is 0. The van der Waals surface area contributed by atoms with Crippen molar-refractivity contribution in [3.63, 3.8) is 0 Å². The van der Waals surface area contributed by atoms with E-state index in [-0.39, 0.29) is 18.9 Å². The van der Waals surface area contributed by atoms with Crippen LogP contribution in [-0.4, -0.2) is 27.3 Å². The third kappa shape index (κ3) is 3.71. The Morgan fingerprint density at radius 2 is 1.67 bits per heavy atom. The zero-order valence-corrected chi connectivity index (χ0v) is 8.43. The Hall–Kier alpha value is -0.183. The van der Waals surface area contributed by atoms with Gasteiger partial charge in [0.05, 0.1) is 10.2 Å². The molecule has 0 aliphatic carbocycles. The summed E-state index contributed by atoms with van der Waals surface area (Å²) in [6.45, 7) is 0.